The molecule has 2 nitrogen and oxygen atoms in total. The standard InChI is InChI=1S/C11H13NO.3C2H6/c1-8-7-9-5-3-4-6-10(9)12(2)11(8)13;3*1-2/h3-6,8H,7H2,1-2H3;3*1-2H3. The minimum absolute atomic E-state index is 0.125. The van der Waals surface area contributed by atoms with E-state index in [-0.39, 0.29) is 11.8 Å². The van der Waals surface area contributed by atoms with E-state index in [9.17, 15) is 4.79 Å². The third-order valence-corrected chi connectivity index (χ3v) is 2.63. The Morgan fingerprint density at radius 2 is 1.47 bits per heavy atom. The zero-order chi connectivity index (χ0) is 15.4. The lowest BCUT2D eigenvalue weighted by atomic mass is 9.94. The third-order valence-electron chi connectivity index (χ3n) is 2.63. The van der Waals surface area contributed by atoms with Gasteiger partial charge in [-0.15, -0.1) is 0 Å². The number of carbonyl (C=O) groups excluding carboxylic acids is 1. The molecule has 2 rings (SSSR count). The molecule has 110 valence electrons. The van der Waals surface area contributed by atoms with Gasteiger partial charge in [0, 0.05) is 18.7 Å². The first kappa shape index (κ1) is 20.0. The number of carbonyl (C=O) groups is 1. The van der Waals surface area contributed by atoms with Crippen molar-refractivity contribution in [1.29, 1.82) is 0 Å². The van der Waals surface area contributed by atoms with E-state index in [4.69, 9.17) is 0 Å². The number of hydrogen-bond donors (Lipinski definition) is 0. The summed E-state index contributed by atoms with van der Waals surface area (Å²) in [6.07, 6.45) is 0.874. The summed E-state index contributed by atoms with van der Waals surface area (Å²) in [5.41, 5.74) is 2.34. The first-order valence-corrected chi connectivity index (χ1v) is 7.55. The van der Waals surface area contributed by atoms with E-state index in [1.54, 1.807) is 4.90 Å². The quantitative estimate of drug-likeness (QED) is 0.652. The van der Waals surface area contributed by atoms with Gasteiger partial charge in [-0.1, -0.05) is 66.7 Å². The van der Waals surface area contributed by atoms with Crippen molar-refractivity contribution in [2.45, 2.75) is 54.9 Å². The maximum Gasteiger partial charge on any atom is 0.229 e. The number of benzene rings is 1. The number of amides is 1. The van der Waals surface area contributed by atoms with E-state index < -0.39 is 0 Å². The van der Waals surface area contributed by atoms with Gasteiger partial charge in [-0.05, 0) is 18.1 Å². The molecule has 1 heterocycles. The molecule has 1 unspecified atom stereocenters. The lowest BCUT2D eigenvalue weighted by molar-refractivity contribution is -0.121. The summed E-state index contributed by atoms with van der Waals surface area (Å²) in [7, 11) is 1.84. The maximum absolute atomic E-state index is 11.6. The molecule has 0 spiro atoms. The number of rotatable bonds is 0. The predicted octanol–water partition coefficient (Wildman–Crippen LogP) is 4.92. The highest BCUT2D eigenvalue weighted by Crippen LogP contribution is 2.28. The summed E-state index contributed by atoms with van der Waals surface area (Å²) in [6, 6.07) is 8.08. The fourth-order valence-electron chi connectivity index (χ4n) is 1.88. The molecule has 0 N–H and O–H groups in total. The van der Waals surface area contributed by atoms with Gasteiger partial charge in [-0.3, -0.25) is 4.79 Å². The summed E-state index contributed by atoms with van der Waals surface area (Å²) in [4.78, 5) is 13.4. The minimum atomic E-state index is 0.125. The normalized spacial score (nSPS) is 15.7. The number of nitrogens with zero attached hydrogens (tertiary/aromatic N) is 1. The fraction of sp³-hybridized carbons (Fsp3) is 0.588. The largest absolute Gasteiger partial charge is 0.315 e. The van der Waals surface area contributed by atoms with Crippen LogP contribution in [0.1, 0.15) is 54.0 Å². The van der Waals surface area contributed by atoms with Crippen molar-refractivity contribution in [2.75, 3.05) is 11.9 Å². The Hall–Kier alpha value is -1.31. The van der Waals surface area contributed by atoms with Crippen molar-refractivity contribution in [3.8, 4) is 0 Å². The van der Waals surface area contributed by atoms with Crippen molar-refractivity contribution in [3.05, 3.63) is 29.8 Å². The first-order valence-electron chi connectivity index (χ1n) is 7.55. The Balaban J connectivity index is 0. The van der Waals surface area contributed by atoms with Crippen molar-refractivity contribution in [3.63, 3.8) is 0 Å². The van der Waals surface area contributed by atoms with Crippen molar-refractivity contribution in [2.24, 2.45) is 5.92 Å². The number of fused-ring (bicyclic) bond motifs is 1. The lowest BCUT2D eigenvalue weighted by Crippen LogP contribution is -2.37. The topological polar surface area (TPSA) is 20.3 Å². The van der Waals surface area contributed by atoms with Gasteiger partial charge in [0.1, 0.15) is 0 Å². The van der Waals surface area contributed by atoms with Crippen LogP contribution in [0.2, 0.25) is 0 Å². The molecule has 0 bridgehead atoms. The van der Waals surface area contributed by atoms with Crippen LogP contribution in [0.25, 0.3) is 0 Å². The molecule has 2 heteroatoms. The summed E-state index contributed by atoms with van der Waals surface area (Å²) in [5, 5.41) is 0. The molecule has 1 aromatic carbocycles. The van der Waals surface area contributed by atoms with E-state index in [0.717, 1.165) is 12.1 Å². The van der Waals surface area contributed by atoms with E-state index in [0.29, 0.717) is 0 Å². The van der Waals surface area contributed by atoms with Crippen LogP contribution in [0.4, 0.5) is 5.69 Å². The Kier molecular flexibility index (Phi) is 12.4. The average Bonchev–Trinajstić information content (AvgIpc) is 2.51. The van der Waals surface area contributed by atoms with Crippen LogP contribution in [-0.2, 0) is 11.2 Å². The molecular weight excluding hydrogens is 234 g/mol. The van der Waals surface area contributed by atoms with Crippen molar-refractivity contribution >= 4 is 11.6 Å². The van der Waals surface area contributed by atoms with Crippen LogP contribution in [0.15, 0.2) is 24.3 Å². The highest BCUT2D eigenvalue weighted by atomic mass is 16.2. The molecule has 1 amide bonds. The van der Waals surface area contributed by atoms with Gasteiger partial charge in [0.25, 0.3) is 0 Å². The van der Waals surface area contributed by atoms with E-state index in [1.165, 1.54) is 5.56 Å². The second kappa shape index (κ2) is 11.8. The van der Waals surface area contributed by atoms with Gasteiger partial charge < -0.3 is 4.90 Å². The molecule has 0 radical (unpaired) electrons. The predicted molar refractivity (Wildman–Crippen MR) is 86.8 cm³/mol. The number of para-hydroxylation sites is 1. The molecule has 1 aromatic rings. The number of hydrogen-bond acceptors (Lipinski definition) is 1. The Labute approximate surface area is 119 Å². The van der Waals surface area contributed by atoms with Crippen LogP contribution in [0.5, 0.6) is 0 Å². The van der Waals surface area contributed by atoms with E-state index in [2.05, 4.69) is 6.07 Å². The highest BCUT2D eigenvalue weighted by molar-refractivity contribution is 5.97. The average molecular weight is 265 g/mol. The third kappa shape index (κ3) is 5.46. The zero-order valence-corrected chi connectivity index (χ0v) is 13.9. The van der Waals surface area contributed by atoms with Gasteiger partial charge in [0.2, 0.25) is 5.91 Å². The molecule has 0 aromatic heterocycles. The second-order valence-electron chi connectivity index (χ2n) is 3.63. The van der Waals surface area contributed by atoms with Crippen molar-refractivity contribution in [1.82, 2.24) is 0 Å². The summed E-state index contributed by atoms with van der Waals surface area (Å²) < 4.78 is 0. The zero-order valence-electron chi connectivity index (χ0n) is 13.9. The van der Waals surface area contributed by atoms with E-state index in [1.807, 2.05) is 73.7 Å². The monoisotopic (exact) mass is 265 g/mol. The smallest absolute Gasteiger partial charge is 0.229 e. The maximum atomic E-state index is 11.6. The highest BCUT2D eigenvalue weighted by Gasteiger charge is 2.26. The first-order chi connectivity index (χ1) is 9.20. The summed E-state index contributed by atoms with van der Waals surface area (Å²) in [6.45, 7) is 14.0. The molecule has 1 aliphatic heterocycles. The van der Waals surface area contributed by atoms with Crippen LogP contribution < -0.4 is 4.90 Å². The Morgan fingerprint density at radius 1 is 1.00 bits per heavy atom. The Bertz CT molecular complexity index is 347. The van der Waals surface area contributed by atoms with Crippen LogP contribution in [0, 0.1) is 5.92 Å². The lowest BCUT2D eigenvalue weighted by Gasteiger charge is -2.29. The minimum Gasteiger partial charge on any atom is -0.315 e. The molecule has 0 fully saturated rings. The molecular formula is C17H31NO. The van der Waals surface area contributed by atoms with Gasteiger partial charge in [0.05, 0.1) is 0 Å². The van der Waals surface area contributed by atoms with Gasteiger partial charge >= 0.3 is 0 Å². The van der Waals surface area contributed by atoms with Crippen LogP contribution >= 0.6 is 0 Å². The van der Waals surface area contributed by atoms with Crippen molar-refractivity contribution < 1.29 is 4.79 Å². The molecule has 1 atom stereocenters. The second-order valence-corrected chi connectivity index (χ2v) is 3.63. The Morgan fingerprint density at radius 3 is 2.00 bits per heavy atom. The van der Waals surface area contributed by atoms with E-state index >= 15 is 0 Å². The number of anilines is 1. The SMILES string of the molecule is CC.CC.CC.CC1Cc2ccccc2N(C)C1=O. The molecule has 0 aliphatic carbocycles. The van der Waals surface area contributed by atoms with Crippen LogP contribution in [-0.4, -0.2) is 13.0 Å². The van der Waals surface area contributed by atoms with Gasteiger partial charge in [-0.2, -0.15) is 0 Å². The van der Waals surface area contributed by atoms with Crippen LogP contribution in [0.3, 0.4) is 0 Å². The molecule has 19 heavy (non-hydrogen) atoms. The molecule has 1 aliphatic rings. The van der Waals surface area contributed by atoms with Gasteiger partial charge in [0.15, 0.2) is 0 Å². The summed E-state index contributed by atoms with van der Waals surface area (Å²) in [5.74, 6) is 0.346. The molecule has 0 saturated carbocycles. The fourth-order valence-corrected chi connectivity index (χ4v) is 1.88. The van der Waals surface area contributed by atoms with Gasteiger partial charge in [-0.25, -0.2) is 0 Å². The molecule has 0 saturated heterocycles. The summed E-state index contributed by atoms with van der Waals surface area (Å²) >= 11 is 0.